The number of aromatic nitrogens is 2. The van der Waals surface area contributed by atoms with Crippen molar-refractivity contribution in [3.8, 4) is 0 Å². The predicted octanol–water partition coefficient (Wildman–Crippen LogP) is 0.129. The van der Waals surface area contributed by atoms with Gasteiger partial charge in [0.15, 0.2) is 0 Å². The van der Waals surface area contributed by atoms with E-state index in [1.807, 2.05) is 0 Å². The molecule has 0 aromatic carbocycles. The zero-order valence-corrected chi connectivity index (χ0v) is 7.63. The monoisotopic (exact) mass is 208 g/mol. The van der Waals surface area contributed by atoms with Gasteiger partial charge in [0.05, 0.1) is 11.8 Å². The SMILES string of the molecule is Cn1cc(C(=O)S(=O)(=O)Cl)cn1. The summed E-state index contributed by atoms with van der Waals surface area (Å²) in [5.74, 6) is 0. The molecule has 0 aliphatic rings. The lowest BCUT2D eigenvalue weighted by molar-refractivity contribution is 0.107. The summed E-state index contributed by atoms with van der Waals surface area (Å²) in [5.41, 5.74) is -0.0347. The number of carbonyl (C=O) groups excluding carboxylic acids is 1. The molecule has 1 heterocycles. The molecule has 0 saturated carbocycles. The van der Waals surface area contributed by atoms with E-state index in [0.717, 1.165) is 6.20 Å². The predicted molar refractivity (Wildman–Crippen MR) is 42.3 cm³/mol. The fourth-order valence-corrected chi connectivity index (χ4v) is 1.32. The Labute approximate surface area is 73.4 Å². The van der Waals surface area contributed by atoms with E-state index in [2.05, 4.69) is 5.10 Å². The third-order valence-electron chi connectivity index (χ3n) is 1.16. The molecule has 7 heteroatoms. The van der Waals surface area contributed by atoms with Gasteiger partial charge in [-0.15, -0.1) is 0 Å². The van der Waals surface area contributed by atoms with Gasteiger partial charge < -0.3 is 0 Å². The lowest BCUT2D eigenvalue weighted by Gasteiger charge is -1.88. The Balaban J connectivity index is 3.10. The molecule has 0 N–H and O–H groups in total. The maximum absolute atomic E-state index is 10.9. The van der Waals surface area contributed by atoms with E-state index in [9.17, 15) is 13.2 Å². The van der Waals surface area contributed by atoms with Crippen molar-refractivity contribution >= 4 is 24.8 Å². The third kappa shape index (κ3) is 1.83. The van der Waals surface area contributed by atoms with Crippen LogP contribution in [0.25, 0.3) is 0 Å². The molecule has 1 aromatic heterocycles. The standard InChI is InChI=1S/C5H5ClN2O3S/c1-8-3-4(2-7-8)5(9)12(6,10)11/h2-3H,1H3. The summed E-state index contributed by atoms with van der Waals surface area (Å²) in [6, 6.07) is 0. The summed E-state index contributed by atoms with van der Waals surface area (Å²) in [6.07, 6.45) is 2.42. The van der Waals surface area contributed by atoms with Gasteiger partial charge in [-0.3, -0.25) is 9.48 Å². The molecule has 0 aliphatic heterocycles. The van der Waals surface area contributed by atoms with Gasteiger partial charge in [0.25, 0.3) is 14.2 Å². The van der Waals surface area contributed by atoms with Crippen molar-refractivity contribution < 1.29 is 13.2 Å². The van der Waals surface area contributed by atoms with E-state index in [1.165, 1.54) is 10.9 Å². The molecular weight excluding hydrogens is 204 g/mol. The van der Waals surface area contributed by atoms with Crippen molar-refractivity contribution in [3.05, 3.63) is 18.0 Å². The van der Waals surface area contributed by atoms with Crippen LogP contribution in [0.3, 0.4) is 0 Å². The summed E-state index contributed by atoms with van der Waals surface area (Å²) in [5, 5.41) is 2.50. The van der Waals surface area contributed by atoms with Gasteiger partial charge in [0.2, 0.25) is 0 Å². The second-order valence-corrected chi connectivity index (χ2v) is 4.59. The van der Waals surface area contributed by atoms with E-state index in [0.29, 0.717) is 0 Å². The minimum absolute atomic E-state index is 0.0347. The zero-order chi connectivity index (χ0) is 9.35. The highest BCUT2D eigenvalue weighted by Crippen LogP contribution is 2.07. The molecule has 0 radical (unpaired) electrons. The molecule has 0 unspecified atom stereocenters. The van der Waals surface area contributed by atoms with Crippen LogP contribution in [0.4, 0.5) is 0 Å². The van der Waals surface area contributed by atoms with Crippen LogP contribution in [0.2, 0.25) is 0 Å². The molecule has 0 saturated heterocycles. The number of nitrogens with zero attached hydrogens (tertiary/aromatic N) is 2. The minimum atomic E-state index is -4.16. The van der Waals surface area contributed by atoms with Crippen LogP contribution in [0, 0.1) is 0 Å². The van der Waals surface area contributed by atoms with Crippen LogP contribution < -0.4 is 0 Å². The van der Waals surface area contributed by atoms with E-state index < -0.39 is 14.2 Å². The molecule has 0 amide bonds. The maximum Gasteiger partial charge on any atom is 0.299 e. The van der Waals surface area contributed by atoms with Gasteiger partial charge in [0, 0.05) is 23.9 Å². The number of halogens is 1. The first-order valence-electron chi connectivity index (χ1n) is 2.89. The van der Waals surface area contributed by atoms with Crippen LogP contribution in [-0.2, 0) is 16.1 Å². The molecule has 0 atom stereocenters. The summed E-state index contributed by atoms with van der Waals surface area (Å²) in [6.45, 7) is 0. The molecule has 0 spiro atoms. The fourth-order valence-electron chi connectivity index (χ4n) is 0.667. The Morgan fingerprint density at radius 1 is 1.67 bits per heavy atom. The third-order valence-corrected chi connectivity index (χ3v) is 2.26. The highest BCUT2D eigenvalue weighted by Gasteiger charge is 2.21. The molecule has 0 bridgehead atoms. The number of hydrogen-bond donors (Lipinski definition) is 0. The van der Waals surface area contributed by atoms with Crippen LogP contribution in [0.15, 0.2) is 12.4 Å². The number of rotatable bonds is 1. The average molecular weight is 209 g/mol. The second kappa shape index (κ2) is 2.87. The van der Waals surface area contributed by atoms with Crippen LogP contribution in [0.1, 0.15) is 10.4 Å². The van der Waals surface area contributed by atoms with Gasteiger partial charge in [0.1, 0.15) is 0 Å². The lowest BCUT2D eigenvalue weighted by atomic mass is 10.4. The van der Waals surface area contributed by atoms with Gasteiger partial charge in [-0.2, -0.15) is 5.10 Å². The molecule has 1 aromatic rings. The van der Waals surface area contributed by atoms with Gasteiger partial charge >= 0.3 is 0 Å². The Kier molecular flexibility index (Phi) is 2.20. The van der Waals surface area contributed by atoms with Crippen LogP contribution >= 0.6 is 10.7 Å². The van der Waals surface area contributed by atoms with E-state index >= 15 is 0 Å². The van der Waals surface area contributed by atoms with Crippen LogP contribution in [0.5, 0.6) is 0 Å². The minimum Gasteiger partial charge on any atom is -0.275 e. The first-order chi connectivity index (χ1) is 5.41. The van der Waals surface area contributed by atoms with Gasteiger partial charge in [-0.25, -0.2) is 8.42 Å². The summed E-state index contributed by atoms with van der Waals surface area (Å²) in [7, 11) is 2.22. The summed E-state index contributed by atoms with van der Waals surface area (Å²) < 4.78 is 22.4. The molecule has 12 heavy (non-hydrogen) atoms. The van der Waals surface area contributed by atoms with Crippen LogP contribution in [-0.4, -0.2) is 23.3 Å². The van der Waals surface area contributed by atoms with Crippen molar-refractivity contribution in [2.24, 2.45) is 7.05 Å². The van der Waals surface area contributed by atoms with Crippen molar-refractivity contribution in [2.45, 2.75) is 0 Å². The Morgan fingerprint density at radius 2 is 2.25 bits per heavy atom. The first-order valence-corrected chi connectivity index (χ1v) is 5.20. The zero-order valence-electron chi connectivity index (χ0n) is 6.06. The molecule has 0 fully saturated rings. The highest BCUT2D eigenvalue weighted by molar-refractivity contribution is 8.25. The largest absolute Gasteiger partial charge is 0.299 e. The molecule has 5 nitrogen and oxygen atoms in total. The molecule has 0 aliphatic carbocycles. The topological polar surface area (TPSA) is 69.0 Å². The Bertz CT molecular complexity index is 408. The average Bonchev–Trinajstić information content (AvgIpc) is 2.32. The van der Waals surface area contributed by atoms with Crippen molar-refractivity contribution in [1.82, 2.24) is 9.78 Å². The number of carbonyl (C=O) groups is 1. The van der Waals surface area contributed by atoms with Crippen molar-refractivity contribution in [1.29, 1.82) is 0 Å². The first kappa shape index (κ1) is 9.21. The number of hydrogen-bond acceptors (Lipinski definition) is 4. The number of aryl methyl sites for hydroxylation is 1. The maximum atomic E-state index is 10.9. The van der Waals surface area contributed by atoms with Gasteiger partial charge in [-0.05, 0) is 0 Å². The van der Waals surface area contributed by atoms with Crippen molar-refractivity contribution in [2.75, 3.05) is 0 Å². The normalized spacial score (nSPS) is 11.5. The van der Waals surface area contributed by atoms with E-state index in [4.69, 9.17) is 10.7 Å². The van der Waals surface area contributed by atoms with E-state index in [1.54, 1.807) is 7.05 Å². The second-order valence-electron chi connectivity index (χ2n) is 2.13. The molecular formula is C5H5ClN2O3S. The fraction of sp³-hybridized carbons (Fsp3) is 0.200. The quantitative estimate of drug-likeness (QED) is 0.615. The lowest BCUT2D eigenvalue weighted by Crippen LogP contribution is -2.06. The van der Waals surface area contributed by atoms with E-state index in [-0.39, 0.29) is 5.56 Å². The Morgan fingerprint density at radius 3 is 2.58 bits per heavy atom. The van der Waals surface area contributed by atoms with Gasteiger partial charge in [-0.1, -0.05) is 0 Å². The smallest absolute Gasteiger partial charge is 0.275 e. The summed E-state index contributed by atoms with van der Waals surface area (Å²) in [4.78, 5) is 10.9. The summed E-state index contributed by atoms with van der Waals surface area (Å²) >= 11 is 0. The molecule has 66 valence electrons. The molecule has 1 rings (SSSR count). The van der Waals surface area contributed by atoms with Crippen molar-refractivity contribution in [3.63, 3.8) is 0 Å². The Hall–Kier alpha value is -0.880. The highest BCUT2D eigenvalue weighted by atomic mass is 35.7.